The molecule has 0 N–H and O–H groups in total. The van der Waals surface area contributed by atoms with E-state index in [4.69, 9.17) is 11.1 Å². The van der Waals surface area contributed by atoms with Gasteiger partial charge in [0.05, 0.1) is 0 Å². The van der Waals surface area contributed by atoms with Crippen molar-refractivity contribution in [1.82, 2.24) is 0 Å². The summed E-state index contributed by atoms with van der Waals surface area (Å²) in [5.41, 5.74) is 2.77. The molecule has 0 bridgehead atoms. The highest BCUT2D eigenvalue weighted by molar-refractivity contribution is 6.93. The number of rotatable bonds is 5. The molecule has 0 unspecified atom stereocenters. The van der Waals surface area contributed by atoms with Gasteiger partial charge in [-0.15, -0.1) is 0 Å². The van der Waals surface area contributed by atoms with Crippen LogP contribution in [-0.2, 0) is 0 Å². The normalized spacial score (nSPS) is 10.7. The molecule has 0 aliphatic heterocycles. The van der Waals surface area contributed by atoms with Gasteiger partial charge in [0, 0.05) is 5.92 Å². The summed E-state index contributed by atoms with van der Waals surface area (Å²) in [6.07, 6.45) is 1.12. The molecule has 0 fully saturated rings. The van der Waals surface area contributed by atoms with E-state index in [1.165, 1.54) is 11.1 Å². The smallest absolute Gasteiger partial charge is 0.171 e. The summed E-state index contributed by atoms with van der Waals surface area (Å²) < 4.78 is 0. The molecule has 2 rings (SSSR count). The molecule has 2 aromatic carbocycles. The molecule has 86 valence electrons. The number of benzene rings is 2. The Balaban J connectivity index is 2.26. The second kappa shape index (κ2) is 6.63. The molecule has 0 aliphatic carbocycles. The molecule has 2 heteroatoms. The number of halogens is 1. The second-order valence-corrected chi connectivity index (χ2v) is 5.62. The fourth-order valence-corrected chi connectivity index (χ4v) is 2.82. The van der Waals surface area contributed by atoms with E-state index in [1.807, 2.05) is 0 Å². The van der Waals surface area contributed by atoms with Crippen molar-refractivity contribution in [1.29, 1.82) is 0 Å². The molecule has 0 amide bonds. The zero-order valence-electron chi connectivity index (χ0n) is 9.64. The van der Waals surface area contributed by atoms with Gasteiger partial charge in [-0.2, -0.15) is 11.1 Å². The third-order valence-corrected chi connectivity index (χ3v) is 3.98. The van der Waals surface area contributed by atoms with E-state index in [0.29, 0.717) is 14.7 Å². The van der Waals surface area contributed by atoms with Crippen LogP contribution in [0.2, 0.25) is 6.04 Å². The van der Waals surface area contributed by atoms with Crippen LogP contribution in [0.1, 0.15) is 23.5 Å². The zero-order chi connectivity index (χ0) is 11.9. The van der Waals surface area contributed by atoms with Gasteiger partial charge in [-0.05, 0) is 23.6 Å². The van der Waals surface area contributed by atoms with Crippen molar-refractivity contribution in [3.8, 4) is 0 Å². The lowest BCUT2D eigenvalue weighted by molar-refractivity contribution is 0.775. The molecule has 0 saturated heterocycles. The first-order valence-electron chi connectivity index (χ1n) is 5.85. The molecule has 2 radical (unpaired) electrons. The number of hydrogen-bond acceptors (Lipinski definition) is 0. The molecular weight excluding hydrogens is 244 g/mol. The Hall–Kier alpha value is -1.05. The predicted molar refractivity (Wildman–Crippen MR) is 75.8 cm³/mol. The minimum absolute atomic E-state index is 0.476. The maximum Gasteiger partial charge on any atom is 0.171 e. The average molecular weight is 259 g/mol. The summed E-state index contributed by atoms with van der Waals surface area (Å²) in [5.74, 6) is 0.476. The largest absolute Gasteiger partial charge is 0.171 e. The summed E-state index contributed by atoms with van der Waals surface area (Å²) in [5, 5.41) is 0. The first-order chi connectivity index (χ1) is 8.42. The van der Waals surface area contributed by atoms with Gasteiger partial charge in [-0.1, -0.05) is 60.7 Å². The van der Waals surface area contributed by atoms with Gasteiger partial charge in [0.1, 0.15) is 0 Å². The third kappa shape index (κ3) is 3.45. The summed E-state index contributed by atoms with van der Waals surface area (Å²) in [6, 6.07) is 22.4. The Morgan fingerprint density at radius 3 is 1.71 bits per heavy atom. The lowest BCUT2D eigenvalue weighted by Crippen LogP contribution is -2.01. The molecule has 2 aromatic rings. The van der Waals surface area contributed by atoms with E-state index in [-0.39, 0.29) is 0 Å². The van der Waals surface area contributed by atoms with Gasteiger partial charge in [-0.25, -0.2) is 0 Å². The molecule has 0 spiro atoms. The van der Waals surface area contributed by atoms with Crippen LogP contribution in [0.25, 0.3) is 0 Å². The van der Waals surface area contributed by atoms with Crippen LogP contribution < -0.4 is 0 Å². The predicted octanol–water partition coefficient (Wildman–Crippen LogP) is 4.48. The van der Waals surface area contributed by atoms with Crippen molar-refractivity contribution < 1.29 is 0 Å². The molecule has 0 atom stereocenters. The molecule has 17 heavy (non-hydrogen) atoms. The Morgan fingerprint density at radius 2 is 1.29 bits per heavy atom. The average Bonchev–Trinajstić information content (AvgIpc) is 2.42. The van der Waals surface area contributed by atoms with E-state index < -0.39 is 0 Å². The lowest BCUT2D eigenvalue weighted by Gasteiger charge is -2.17. The molecule has 0 heterocycles. The van der Waals surface area contributed by atoms with Crippen molar-refractivity contribution in [2.75, 3.05) is 0 Å². The van der Waals surface area contributed by atoms with Crippen molar-refractivity contribution in [3.05, 3.63) is 71.8 Å². The van der Waals surface area contributed by atoms with Crippen molar-refractivity contribution in [3.63, 3.8) is 0 Å². The fourth-order valence-electron chi connectivity index (χ4n) is 2.10. The van der Waals surface area contributed by atoms with E-state index >= 15 is 0 Å². The van der Waals surface area contributed by atoms with E-state index in [1.54, 1.807) is 0 Å². The van der Waals surface area contributed by atoms with Crippen molar-refractivity contribution in [2.45, 2.75) is 18.4 Å². The van der Waals surface area contributed by atoms with Crippen LogP contribution in [-0.4, -0.2) is 8.83 Å². The van der Waals surface area contributed by atoms with Crippen LogP contribution in [0.3, 0.4) is 0 Å². The van der Waals surface area contributed by atoms with Crippen molar-refractivity contribution in [2.24, 2.45) is 0 Å². The van der Waals surface area contributed by atoms with Gasteiger partial charge in [0.25, 0.3) is 0 Å². The highest BCUT2D eigenvalue weighted by Crippen LogP contribution is 2.29. The minimum atomic E-state index is 0.476. The van der Waals surface area contributed by atoms with Gasteiger partial charge >= 0.3 is 0 Å². The minimum Gasteiger partial charge on any atom is -0.171 e. The molecule has 0 aliphatic rings. The highest BCUT2D eigenvalue weighted by atomic mass is 35.6. The summed E-state index contributed by atoms with van der Waals surface area (Å²) >= 11 is 5.85. The summed E-state index contributed by atoms with van der Waals surface area (Å²) in [7, 11) is 0.513. The first-order valence-corrected chi connectivity index (χ1v) is 8.07. The van der Waals surface area contributed by atoms with Gasteiger partial charge in [0.2, 0.25) is 0 Å². The Labute approximate surface area is 110 Å². The first kappa shape index (κ1) is 12.4. The fraction of sp³-hybridized carbons (Fsp3) is 0.200. The van der Waals surface area contributed by atoms with Gasteiger partial charge in [-0.3, -0.25) is 0 Å². The maximum absolute atomic E-state index is 5.85. The van der Waals surface area contributed by atoms with Crippen LogP contribution in [0.15, 0.2) is 60.7 Å². The number of hydrogen-bond donors (Lipinski definition) is 0. The van der Waals surface area contributed by atoms with E-state index in [2.05, 4.69) is 60.7 Å². The van der Waals surface area contributed by atoms with E-state index in [0.717, 1.165) is 12.5 Å². The summed E-state index contributed by atoms with van der Waals surface area (Å²) in [6.45, 7) is 0. The monoisotopic (exact) mass is 258 g/mol. The quantitative estimate of drug-likeness (QED) is 0.548. The lowest BCUT2D eigenvalue weighted by atomic mass is 9.89. The Bertz CT molecular complexity index is 388. The van der Waals surface area contributed by atoms with E-state index in [9.17, 15) is 0 Å². The molecule has 0 saturated carbocycles. The van der Waals surface area contributed by atoms with Crippen LogP contribution in [0.5, 0.6) is 0 Å². The van der Waals surface area contributed by atoms with Gasteiger partial charge < -0.3 is 0 Å². The van der Waals surface area contributed by atoms with Crippen LogP contribution in [0.4, 0.5) is 0 Å². The Kier molecular flexibility index (Phi) is 4.84. The molecule has 0 nitrogen and oxygen atoms in total. The van der Waals surface area contributed by atoms with Gasteiger partial charge in [0.15, 0.2) is 8.83 Å². The zero-order valence-corrected chi connectivity index (χ0v) is 11.4. The molecular formula is C15H15ClSi. The van der Waals surface area contributed by atoms with Crippen LogP contribution in [0, 0.1) is 0 Å². The van der Waals surface area contributed by atoms with Crippen molar-refractivity contribution >= 4 is 19.9 Å². The Morgan fingerprint density at radius 1 is 0.824 bits per heavy atom. The van der Waals surface area contributed by atoms with Crippen LogP contribution >= 0.6 is 11.1 Å². The second-order valence-electron chi connectivity index (χ2n) is 4.05. The topological polar surface area (TPSA) is 0 Å². The highest BCUT2D eigenvalue weighted by Gasteiger charge is 2.12. The standard InChI is InChI=1S/C15H15ClSi/c16-17-12-11-15(13-7-3-1-4-8-13)14-9-5-2-6-10-14/h1-10,15H,11-12H2. The SMILES string of the molecule is Cl[Si]CCC(c1ccccc1)c1ccccc1. The maximum atomic E-state index is 5.85. The summed E-state index contributed by atoms with van der Waals surface area (Å²) in [4.78, 5) is 0. The molecule has 0 aromatic heterocycles. The third-order valence-electron chi connectivity index (χ3n) is 2.93.